The Bertz CT molecular complexity index is 138. The summed E-state index contributed by atoms with van der Waals surface area (Å²) in [6.45, 7) is 2.25. The van der Waals surface area contributed by atoms with Crippen LogP contribution in [0.4, 0.5) is 0 Å². The Hall–Kier alpha value is 0.830. The van der Waals surface area contributed by atoms with Gasteiger partial charge in [-0.3, -0.25) is 0 Å². The third-order valence-corrected chi connectivity index (χ3v) is 5.33. The molecule has 0 N–H and O–H groups in total. The van der Waals surface area contributed by atoms with Crippen LogP contribution in [0, 0.1) is 5.92 Å². The van der Waals surface area contributed by atoms with Crippen molar-refractivity contribution in [3.63, 3.8) is 0 Å². The average Bonchev–Trinajstić information content (AvgIpc) is 2.39. The van der Waals surface area contributed by atoms with E-state index in [1.165, 1.54) is 56.5 Å². The quantitative estimate of drug-likeness (QED) is 0.393. The molecular weight excluding hydrogens is 256 g/mol. The molecule has 84 valence electrons. The van der Waals surface area contributed by atoms with Gasteiger partial charge in [-0.15, -0.1) is 0 Å². The zero-order valence-corrected chi connectivity index (χ0v) is 11.7. The van der Waals surface area contributed by atoms with E-state index in [0.717, 1.165) is 10.7 Å². The fourth-order valence-corrected chi connectivity index (χ4v) is 3.77. The van der Waals surface area contributed by atoms with Gasteiger partial charge in [-0.2, -0.15) is 11.8 Å². The van der Waals surface area contributed by atoms with Gasteiger partial charge >= 0.3 is 0 Å². The van der Waals surface area contributed by atoms with Crippen LogP contribution in [-0.2, 0) is 0 Å². The summed E-state index contributed by atoms with van der Waals surface area (Å²) in [7, 11) is 0. The Morgan fingerprint density at radius 1 is 1.21 bits per heavy atom. The fourth-order valence-electron chi connectivity index (χ4n) is 2.26. The lowest BCUT2D eigenvalue weighted by Crippen LogP contribution is -2.12. The normalized spacial score (nSPS) is 28.7. The predicted octanol–water partition coefficient (Wildman–Crippen LogP) is 4.86. The fraction of sp³-hybridized carbons (Fsp3) is 1.00. The van der Waals surface area contributed by atoms with E-state index in [0.29, 0.717) is 0 Å². The molecular formula is C12H23BrS. The van der Waals surface area contributed by atoms with Crippen LogP contribution in [-0.4, -0.2) is 16.3 Å². The van der Waals surface area contributed by atoms with Crippen LogP contribution in [0.15, 0.2) is 0 Å². The second kappa shape index (κ2) is 8.04. The molecule has 1 fully saturated rings. The summed E-state index contributed by atoms with van der Waals surface area (Å²) in [6.07, 6.45) is 10.1. The molecule has 0 bridgehead atoms. The molecule has 1 aliphatic carbocycles. The Morgan fingerprint density at radius 2 is 2.00 bits per heavy atom. The van der Waals surface area contributed by atoms with Crippen molar-refractivity contribution in [1.29, 1.82) is 0 Å². The molecule has 0 aromatic carbocycles. The third-order valence-electron chi connectivity index (χ3n) is 3.13. The van der Waals surface area contributed by atoms with Crippen LogP contribution in [0.25, 0.3) is 0 Å². The molecule has 1 rings (SSSR count). The molecule has 0 nitrogen and oxygen atoms in total. The Morgan fingerprint density at radius 3 is 2.79 bits per heavy atom. The van der Waals surface area contributed by atoms with Crippen molar-refractivity contribution in [1.82, 2.24) is 0 Å². The molecule has 0 heterocycles. The summed E-state index contributed by atoms with van der Waals surface area (Å²) in [5.74, 6) is 3.62. The number of halogens is 1. The van der Waals surface area contributed by atoms with Crippen LogP contribution in [0.5, 0.6) is 0 Å². The van der Waals surface area contributed by atoms with E-state index < -0.39 is 0 Å². The minimum absolute atomic E-state index is 0.816. The van der Waals surface area contributed by atoms with Crippen molar-refractivity contribution in [3.05, 3.63) is 0 Å². The highest BCUT2D eigenvalue weighted by Crippen LogP contribution is 2.32. The van der Waals surface area contributed by atoms with Crippen LogP contribution in [0.3, 0.4) is 0 Å². The lowest BCUT2D eigenvalue weighted by molar-refractivity contribution is 0.441. The van der Waals surface area contributed by atoms with Gasteiger partial charge in [-0.1, -0.05) is 42.1 Å². The van der Waals surface area contributed by atoms with Gasteiger partial charge in [0.2, 0.25) is 0 Å². The first-order valence-corrected chi connectivity index (χ1v) is 8.13. The van der Waals surface area contributed by atoms with E-state index >= 15 is 0 Å². The molecule has 0 aromatic rings. The van der Waals surface area contributed by atoms with E-state index in [4.69, 9.17) is 0 Å². The lowest BCUT2D eigenvalue weighted by atomic mass is 9.95. The maximum atomic E-state index is 3.87. The first-order chi connectivity index (χ1) is 6.84. The van der Waals surface area contributed by atoms with Gasteiger partial charge in [-0.05, 0) is 43.1 Å². The van der Waals surface area contributed by atoms with E-state index in [-0.39, 0.29) is 0 Å². The van der Waals surface area contributed by atoms with E-state index in [2.05, 4.69) is 34.6 Å². The summed E-state index contributed by atoms with van der Waals surface area (Å²) in [6, 6.07) is 0. The molecule has 1 saturated carbocycles. The van der Waals surface area contributed by atoms with Gasteiger partial charge in [-0.25, -0.2) is 0 Å². The second-order valence-corrected chi connectivity index (χ2v) is 6.82. The first kappa shape index (κ1) is 12.9. The lowest BCUT2D eigenvalue weighted by Gasteiger charge is -2.19. The first-order valence-electron chi connectivity index (χ1n) is 6.06. The maximum Gasteiger partial charge on any atom is 0.0174 e. The van der Waals surface area contributed by atoms with Gasteiger partial charge in [0.1, 0.15) is 0 Å². The number of alkyl halides is 1. The van der Waals surface area contributed by atoms with Crippen molar-refractivity contribution in [2.45, 2.75) is 56.7 Å². The smallest absolute Gasteiger partial charge is 0.0174 e. The third kappa shape index (κ3) is 5.06. The summed E-state index contributed by atoms with van der Waals surface area (Å²) in [4.78, 5) is 0.816. The van der Waals surface area contributed by atoms with Gasteiger partial charge in [0.25, 0.3) is 0 Å². The van der Waals surface area contributed by atoms with Crippen molar-refractivity contribution in [2.75, 3.05) is 11.5 Å². The SMILES string of the molecule is CCSCCCC1CCCCCC1Br. The van der Waals surface area contributed by atoms with Crippen molar-refractivity contribution in [3.8, 4) is 0 Å². The second-order valence-electron chi connectivity index (χ2n) is 4.25. The van der Waals surface area contributed by atoms with E-state index in [1.807, 2.05) is 0 Å². The predicted molar refractivity (Wildman–Crippen MR) is 71.5 cm³/mol. The van der Waals surface area contributed by atoms with E-state index in [9.17, 15) is 0 Å². The molecule has 2 atom stereocenters. The Labute approximate surface area is 102 Å². The van der Waals surface area contributed by atoms with Crippen LogP contribution in [0.1, 0.15) is 51.9 Å². The molecule has 1 aliphatic rings. The molecule has 0 amide bonds. The number of rotatable bonds is 5. The molecule has 0 aromatic heterocycles. The molecule has 0 aliphatic heterocycles. The van der Waals surface area contributed by atoms with Crippen molar-refractivity contribution < 1.29 is 0 Å². The van der Waals surface area contributed by atoms with Crippen LogP contribution < -0.4 is 0 Å². The number of thioether (sulfide) groups is 1. The maximum absolute atomic E-state index is 3.87. The van der Waals surface area contributed by atoms with Crippen molar-refractivity contribution >= 4 is 27.7 Å². The minimum Gasteiger partial charge on any atom is -0.162 e. The Kier molecular flexibility index (Phi) is 7.40. The topological polar surface area (TPSA) is 0 Å². The van der Waals surface area contributed by atoms with Crippen molar-refractivity contribution in [2.24, 2.45) is 5.92 Å². The zero-order chi connectivity index (χ0) is 10.2. The standard InChI is InChI=1S/C12H23BrS/c1-2-14-10-6-8-11-7-4-3-5-9-12(11)13/h11-12H,2-10H2,1H3. The molecule has 14 heavy (non-hydrogen) atoms. The average molecular weight is 279 g/mol. The molecule has 0 spiro atoms. The summed E-state index contributed by atoms with van der Waals surface area (Å²) in [5, 5.41) is 0. The van der Waals surface area contributed by atoms with E-state index in [1.54, 1.807) is 0 Å². The number of hydrogen-bond acceptors (Lipinski definition) is 1. The Balaban J connectivity index is 2.13. The van der Waals surface area contributed by atoms with Gasteiger partial charge in [0.05, 0.1) is 0 Å². The molecule has 2 heteroatoms. The number of hydrogen-bond donors (Lipinski definition) is 0. The summed E-state index contributed by atoms with van der Waals surface area (Å²) < 4.78 is 0. The highest BCUT2D eigenvalue weighted by atomic mass is 79.9. The molecule has 0 saturated heterocycles. The summed E-state index contributed by atoms with van der Waals surface area (Å²) in [5.41, 5.74) is 0. The minimum atomic E-state index is 0.816. The zero-order valence-electron chi connectivity index (χ0n) is 9.30. The molecule has 2 unspecified atom stereocenters. The van der Waals surface area contributed by atoms with Crippen LogP contribution in [0.2, 0.25) is 0 Å². The summed E-state index contributed by atoms with van der Waals surface area (Å²) >= 11 is 5.95. The monoisotopic (exact) mass is 278 g/mol. The largest absolute Gasteiger partial charge is 0.162 e. The molecule has 0 radical (unpaired) electrons. The highest BCUT2D eigenvalue weighted by Gasteiger charge is 2.20. The van der Waals surface area contributed by atoms with Crippen LogP contribution >= 0.6 is 27.7 Å². The van der Waals surface area contributed by atoms with Gasteiger partial charge in [0.15, 0.2) is 0 Å². The van der Waals surface area contributed by atoms with Gasteiger partial charge < -0.3 is 0 Å². The highest BCUT2D eigenvalue weighted by molar-refractivity contribution is 9.09. The van der Waals surface area contributed by atoms with Gasteiger partial charge in [0, 0.05) is 4.83 Å².